The molecule has 0 N–H and O–H groups in total. The third-order valence-electron chi connectivity index (χ3n) is 2.33. The fourth-order valence-corrected chi connectivity index (χ4v) is 2.54. The fraction of sp³-hybridized carbons (Fsp3) is 0.364. The Bertz CT molecular complexity index is 529. The number of hydrogen-bond acceptors (Lipinski definition) is 4. The predicted octanol–water partition coefficient (Wildman–Crippen LogP) is 1.49. The Morgan fingerprint density at radius 2 is 1.75 bits per heavy atom. The molecular weight excluding hydrogens is 228 g/mol. The molecule has 0 bridgehead atoms. The van der Waals surface area contributed by atoms with E-state index in [2.05, 4.69) is 4.74 Å². The van der Waals surface area contributed by atoms with Crippen molar-refractivity contribution < 1.29 is 17.9 Å². The molecule has 0 saturated carbocycles. The third-order valence-corrected chi connectivity index (χ3v) is 3.57. The SMILES string of the molecule is COC(=O)c1cc(S(C)(=O)=O)c(C)cc1C. The molecule has 0 amide bonds. The molecule has 0 aliphatic rings. The molecule has 0 atom stereocenters. The van der Waals surface area contributed by atoms with E-state index in [0.717, 1.165) is 6.26 Å². The van der Waals surface area contributed by atoms with Crippen molar-refractivity contribution in [3.05, 3.63) is 28.8 Å². The van der Waals surface area contributed by atoms with Gasteiger partial charge in [-0.1, -0.05) is 6.07 Å². The van der Waals surface area contributed by atoms with Crippen LogP contribution in [0.1, 0.15) is 21.5 Å². The topological polar surface area (TPSA) is 60.4 Å². The summed E-state index contributed by atoms with van der Waals surface area (Å²) in [6.45, 7) is 3.44. The summed E-state index contributed by atoms with van der Waals surface area (Å²) in [6.07, 6.45) is 1.12. The Hall–Kier alpha value is -1.36. The molecule has 0 unspecified atom stereocenters. The molecule has 0 aliphatic heterocycles. The molecule has 0 aliphatic carbocycles. The third kappa shape index (κ3) is 2.41. The largest absolute Gasteiger partial charge is 0.465 e. The van der Waals surface area contributed by atoms with Crippen molar-refractivity contribution in [1.29, 1.82) is 0 Å². The van der Waals surface area contributed by atoms with E-state index in [9.17, 15) is 13.2 Å². The number of rotatable bonds is 2. The van der Waals surface area contributed by atoms with Gasteiger partial charge in [0.25, 0.3) is 0 Å². The number of esters is 1. The molecule has 0 fully saturated rings. The van der Waals surface area contributed by atoms with E-state index in [1.54, 1.807) is 19.9 Å². The van der Waals surface area contributed by atoms with Crippen molar-refractivity contribution in [3.8, 4) is 0 Å². The fourth-order valence-electron chi connectivity index (χ4n) is 1.56. The van der Waals surface area contributed by atoms with Crippen molar-refractivity contribution in [2.24, 2.45) is 0 Å². The van der Waals surface area contributed by atoms with Crippen LogP contribution in [0.3, 0.4) is 0 Å². The maximum Gasteiger partial charge on any atom is 0.338 e. The number of benzene rings is 1. The van der Waals surface area contributed by atoms with E-state index in [1.165, 1.54) is 13.2 Å². The van der Waals surface area contributed by atoms with Gasteiger partial charge in [0.2, 0.25) is 0 Å². The van der Waals surface area contributed by atoms with E-state index >= 15 is 0 Å². The van der Waals surface area contributed by atoms with E-state index in [0.29, 0.717) is 11.1 Å². The molecule has 0 aromatic heterocycles. The normalized spacial score (nSPS) is 11.2. The van der Waals surface area contributed by atoms with E-state index in [1.807, 2.05) is 0 Å². The number of carbonyl (C=O) groups is 1. The molecule has 0 radical (unpaired) electrons. The Morgan fingerprint density at radius 3 is 2.19 bits per heavy atom. The minimum atomic E-state index is -3.32. The highest BCUT2D eigenvalue weighted by atomic mass is 32.2. The summed E-state index contributed by atoms with van der Waals surface area (Å²) in [6, 6.07) is 3.04. The monoisotopic (exact) mass is 242 g/mol. The van der Waals surface area contributed by atoms with Crippen LogP contribution < -0.4 is 0 Å². The first kappa shape index (κ1) is 12.7. The molecule has 1 aromatic rings. The number of methoxy groups -OCH3 is 1. The number of sulfone groups is 1. The summed E-state index contributed by atoms with van der Waals surface area (Å²) in [5.41, 5.74) is 1.62. The van der Waals surface area contributed by atoms with E-state index in [-0.39, 0.29) is 10.5 Å². The lowest BCUT2D eigenvalue weighted by molar-refractivity contribution is 0.0599. The van der Waals surface area contributed by atoms with Crippen LogP contribution in [0.15, 0.2) is 17.0 Å². The van der Waals surface area contributed by atoms with Gasteiger partial charge in [0.15, 0.2) is 9.84 Å². The minimum absolute atomic E-state index is 0.165. The highest BCUT2D eigenvalue weighted by molar-refractivity contribution is 7.90. The summed E-state index contributed by atoms with van der Waals surface area (Å²) in [5, 5.41) is 0. The van der Waals surface area contributed by atoms with Gasteiger partial charge in [-0.3, -0.25) is 0 Å². The van der Waals surface area contributed by atoms with E-state index < -0.39 is 15.8 Å². The summed E-state index contributed by atoms with van der Waals surface area (Å²) in [4.78, 5) is 11.6. The second-order valence-corrected chi connectivity index (χ2v) is 5.68. The Kier molecular flexibility index (Phi) is 3.38. The highest BCUT2D eigenvalue weighted by Crippen LogP contribution is 2.21. The van der Waals surface area contributed by atoms with Gasteiger partial charge in [-0.05, 0) is 31.0 Å². The van der Waals surface area contributed by atoms with Crippen LogP contribution in [0, 0.1) is 13.8 Å². The smallest absolute Gasteiger partial charge is 0.338 e. The quantitative estimate of drug-likeness (QED) is 0.737. The number of carbonyl (C=O) groups excluding carboxylic acids is 1. The Labute approximate surface area is 95.2 Å². The summed E-state index contributed by atoms with van der Waals surface area (Å²) < 4.78 is 27.5. The van der Waals surface area contributed by atoms with Crippen LogP contribution >= 0.6 is 0 Å². The first-order chi connectivity index (χ1) is 7.27. The first-order valence-electron chi connectivity index (χ1n) is 4.67. The van der Waals surface area contributed by atoms with Crippen LogP contribution in [-0.2, 0) is 14.6 Å². The molecule has 5 heteroatoms. The van der Waals surface area contributed by atoms with Gasteiger partial charge in [-0.2, -0.15) is 0 Å². The standard InChI is InChI=1S/C11H14O4S/c1-7-5-8(2)10(16(4,13)14)6-9(7)11(12)15-3/h5-6H,1-4H3. The number of hydrogen-bond donors (Lipinski definition) is 0. The Morgan fingerprint density at radius 1 is 1.19 bits per heavy atom. The van der Waals surface area contributed by atoms with Gasteiger partial charge in [-0.15, -0.1) is 0 Å². The second kappa shape index (κ2) is 4.25. The predicted molar refractivity (Wildman–Crippen MR) is 60.4 cm³/mol. The zero-order chi connectivity index (χ0) is 12.5. The molecule has 0 heterocycles. The van der Waals surface area contributed by atoms with Crippen molar-refractivity contribution >= 4 is 15.8 Å². The van der Waals surface area contributed by atoms with Crippen LogP contribution in [0.4, 0.5) is 0 Å². The highest BCUT2D eigenvalue weighted by Gasteiger charge is 2.17. The average molecular weight is 242 g/mol. The first-order valence-corrected chi connectivity index (χ1v) is 6.56. The van der Waals surface area contributed by atoms with Crippen LogP contribution in [-0.4, -0.2) is 27.8 Å². The zero-order valence-corrected chi connectivity index (χ0v) is 10.5. The average Bonchev–Trinajstić information content (AvgIpc) is 2.14. The van der Waals surface area contributed by atoms with Crippen LogP contribution in [0.25, 0.3) is 0 Å². The van der Waals surface area contributed by atoms with Crippen LogP contribution in [0.5, 0.6) is 0 Å². The van der Waals surface area contributed by atoms with Crippen molar-refractivity contribution in [2.45, 2.75) is 18.7 Å². The minimum Gasteiger partial charge on any atom is -0.465 e. The Balaban J connectivity index is 3.51. The van der Waals surface area contributed by atoms with Crippen LogP contribution in [0.2, 0.25) is 0 Å². The summed E-state index contributed by atoms with van der Waals surface area (Å²) >= 11 is 0. The van der Waals surface area contributed by atoms with Gasteiger partial charge in [0.05, 0.1) is 17.6 Å². The summed E-state index contributed by atoms with van der Waals surface area (Å²) in [7, 11) is -2.06. The van der Waals surface area contributed by atoms with Gasteiger partial charge in [-0.25, -0.2) is 13.2 Å². The molecule has 1 aromatic carbocycles. The maximum absolute atomic E-state index is 11.5. The second-order valence-electron chi connectivity index (χ2n) is 3.70. The lowest BCUT2D eigenvalue weighted by atomic mass is 10.1. The molecule has 1 rings (SSSR count). The molecule has 16 heavy (non-hydrogen) atoms. The van der Waals surface area contributed by atoms with Gasteiger partial charge >= 0.3 is 5.97 Å². The number of ether oxygens (including phenoxy) is 1. The lowest BCUT2D eigenvalue weighted by Gasteiger charge is -2.09. The van der Waals surface area contributed by atoms with Crippen molar-refractivity contribution in [1.82, 2.24) is 0 Å². The maximum atomic E-state index is 11.5. The van der Waals surface area contributed by atoms with Gasteiger partial charge < -0.3 is 4.74 Å². The molecule has 4 nitrogen and oxygen atoms in total. The number of aryl methyl sites for hydroxylation is 2. The van der Waals surface area contributed by atoms with E-state index in [4.69, 9.17) is 0 Å². The lowest BCUT2D eigenvalue weighted by Crippen LogP contribution is -2.08. The summed E-state index contributed by atoms with van der Waals surface area (Å²) in [5.74, 6) is -0.526. The van der Waals surface area contributed by atoms with Crippen molar-refractivity contribution in [3.63, 3.8) is 0 Å². The van der Waals surface area contributed by atoms with Crippen molar-refractivity contribution in [2.75, 3.05) is 13.4 Å². The molecule has 0 spiro atoms. The molecular formula is C11H14O4S. The zero-order valence-electron chi connectivity index (χ0n) is 9.70. The van der Waals surface area contributed by atoms with Gasteiger partial charge in [0.1, 0.15) is 0 Å². The molecule has 0 saturated heterocycles. The molecule has 88 valence electrons. The van der Waals surface area contributed by atoms with Gasteiger partial charge in [0, 0.05) is 6.26 Å².